The second-order valence-electron chi connectivity index (χ2n) is 9.50. The lowest BCUT2D eigenvalue weighted by atomic mass is 9.71. The number of nitrogens with zero attached hydrogens (tertiary/aromatic N) is 4. The van der Waals surface area contributed by atoms with E-state index in [9.17, 15) is 4.79 Å². The first-order valence-corrected chi connectivity index (χ1v) is 11.4. The predicted octanol–water partition coefficient (Wildman–Crippen LogP) is 3.85. The Morgan fingerprint density at radius 1 is 1.00 bits per heavy atom. The summed E-state index contributed by atoms with van der Waals surface area (Å²) in [5.74, 6) is 2.23. The van der Waals surface area contributed by atoms with Crippen LogP contribution in [0.2, 0.25) is 0 Å². The SMILES string of the molecule is Cc1nc(N2C[C@H]3C[C@@H](C2)[C@H](Cc2ccccc2)N2C(=O)CCC[C@@H]32)nc(C)c1C. The molecule has 5 nitrogen and oxygen atoms in total. The van der Waals surface area contributed by atoms with E-state index in [0.29, 0.717) is 30.2 Å². The molecule has 1 aromatic heterocycles. The van der Waals surface area contributed by atoms with Gasteiger partial charge in [-0.1, -0.05) is 30.3 Å². The molecule has 0 spiro atoms. The van der Waals surface area contributed by atoms with Crippen molar-refractivity contribution in [2.24, 2.45) is 11.8 Å². The first kappa shape index (κ1) is 19.5. The van der Waals surface area contributed by atoms with Crippen molar-refractivity contribution >= 4 is 11.9 Å². The van der Waals surface area contributed by atoms with E-state index in [0.717, 1.165) is 49.7 Å². The number of carbonyl (C=O) groups is 1. The Morgan fingerprint density at radius 2 is 1.70 bits per heavy atom. The highest BCUT2D eigenvalue weighted by Gasteiger charge is 2.49. The fraction of sp³-hybridized carbons (Fsp3) is 0.560. The minimum Gasteiger partial charge on any atom is -0.340 e. The molecule has 2 aromatic rings. The van der Waals surface area contributed by atoms with Gasteiger partial charge < -0.3 is 9.80 Å². The summed E-state index contributed by atoms with van der Waals surface area (Å²) in [5.41, 5.74) is 4.66. The molecular weight excluding hydrogens is 372 g/mol. The normalized spacial score (nSPS) is 28.4. The van der Waals surface area contributed by atoms with Gasteiger partial charge >= 0.3 is 0 Å². The molecule has 4 atom stereocenters. The molecule has 0 N–H and O–H groups in total. The van der Waals surface area contributed by atoms with Crippen LogP contribution in [0.5, 0.6) is 0 Å². The van der Waals surface area contributed by atoms with Crippen LogP contribution in [-0.2, 0) is 11.2 Å². The van der Waals surface area contributed by atoms with E-state index < -0.39 is 0 Å². The Bertz CT molecular complexity index is 920. The maximum Gasteiger partial charge on any atom is 0.225 e. The zero-order chi connectivity index (χ0) is 20.8. The zero-order valence-electron chi connectivity index (χ0n) is 18.3. The highest BCUT2D eigenvalue weighted by Crippen LogP contribution is 2.43. The molecule has 0 saturated carbocycles. The lowest BCUT2D eigenvalue weighted by Gasteiger charge is -2.56. The molecule has 158 valence electrons. The number of hydrogen-bond donors (Lipinski definition) is 0. The van der Waals surface area contributed by atoms with E-state index in [-0.39, 0.29) is 6.04 Å². The highest BCUT2D eigenvalue weighted by molar-refractivity contribution is 5.78. The van der Waals surface area contributed by atoms with Gasteiger partial charge in [0.2, 0.25) is 11.9 Å². The molecule has 3 aliphatic heterocycles. The molecule has 5 rings (SSSR count). The minimum absolute atomic E-state index is 0.275. The quantitative estimate of drug-likeness (QED) is 0.780. The summed E-state index contributed by atoms with van der Waals surface area (Å²) >= 11 is 0. The summed E-state index contributed by atoms with van der Waals surface area (Å²) in [6.07, 6.45) is 5.03. The van der Waals surface area contributed by atoms with Crippen LogP contribution < -0.4 is 4.90 Å². The summed E-state index contributed by atoms with van der Waals surface area (Å²) < 4.78 is 0. The number of benzene rings is 1. The average molecular weight is 405 g/mol. The van der Waals surface area contributed by atoms with E-state index in [2.05, 4.69) is 60.9 Å². The molecule has 2 bridgehead atoms. The van der Waals surface area contributed by atoms with Gasteiger partial charge in [0, 0.05) is 43.0 Å². The number of aryl methyl sites for hydroxylation is 2. The van der Waals surface area contributed by atoms with Crippen molar-refractivity contribution in [3.63, 3.8) is 0 Å². The Hall–Kier alpha value is -2.43. The van der Waals surface area contributed by atoms with E-state index in [1.165, 1.54) is 17.5 Å². The van der Waals surface area contributed by atoms with Gasteiger partial charge in [-0.05, 0) is 69.4 Å². The second-order valence-corrected chi connectivity index (χ2v) is 9.50. The molecule has 0 unspecified atom stereocenters. The number of fused-ring (bicyclic) bond motifs is 4. The minimum atomic E-state index is 0.275. The monoisotopic (exact) mass is 404 g/mol. The van der Waals surface area contributed by atoms with E-state index in [4.69, 9.17) is 9.97 Å². The van der Waals surface area contributed by atoms with Crippen LogP contribution in [0.1, 0.15) is 48.2 Å². The highest BCUT2D eigenvalue weighted by atomic mass is 16.2. The smallest absolute Gasteiger partial charge is 0.225 e. The molecule has 0 radical (unpaired) electrons. The molecule has 3 fully saturated rings. The predicted molar refractivity (Wildman–Crippen MR) is 118 cm³/mol. The first-order valence-electron chi connectivity index (χ1n) is 11.4. The molecule has 0 aliphatic carbocycles. The van der Waals surface area contributed by atoms with Crippen LogP contribution in [-0.4, -0.2) is 45.9 Å². The summed E-state index contributed by atoms with van der Waals surface area (Å²) in [4.78, 5) is 27.4. The fourth-order valence-electron chi connectivity index (χ4n) is 5.95. The Balaban J connectivity index is 1.48. The zero-order valence-corrected chi connectivity index (χ0v) is 18.3. The standard InChI is InChI=1S/C25H32N4O/c1-16-17(2)26-25(27-18(16)3)28-14-20-13-21(15-28)23(12-19-8-5-4-6-9-19)29-22(20)10-7-11-24(29)30/h4-6,8-9,20-23H,7,10-15H2,1-3H3/t20-,21+,22+,23+/m1/s1. The first-order chi connectivity index (χ1) is 14.5. The van der Waals surface area contributed by atoms with Gasteiger partial charge in [0.05, 0.1) is 0 Å². The lowest BCUT2D eigenvalue weighted by molar-refractivity contribution is -0.148. The lowest BCUT2D eigenvalue weighted by Crippen LogP contribution is -2.65. The topological polar surface area (TPSA) is 49.3 Å². The van der Waals surface area contributed by atoms with Gasteiger partial charge in [0.1, 0.15) is 0 Å². The van der Waals surface area contributed by atoms with Crippen LogP contribution in [0, 0.1) is 32.6 Å². The number of carbonyl (C=O) groups excluding carboxylic acids is 1. The average Bonchev–Trinajstić information content (AvgIpc) is 2.75. The molecule has 3 aliphatic rings. The van der Waals surface area contributed by atoms with Gasteiger partial charge in [0.15, 0.2) is 0 Å². The van der Waals surface area contributed by atoms with E-state index >= 15 is 0 Å². The van der Waals surface area contributed by atoms with Crippen molar-refractivity contribution in [2.45, 2.75) is 65.0 Å². The Morgan fingerprint density at radius 3 is 2.43 bits per heavy atom. The van der Waals surface area contributed by atoms with Crippen molar-refractivity contribution in [3.05, 3.63) is 52.8 Å². The Kier molecular flexibility index (Phi) is 5.00. The molecular formula is C25H32N4O. The molecule has 1 aromatic carbocycles. The van der Waals surface area contributed by atoms with E-state index in [1.807, 2.05) is 0 Å². The summed E-state index contributed by atoms with van der Waals surface area (Å²) in [6, 6.07) is 11.3. The van der Waals surface area contributed by atoms with Gasteiger partial charge in [0.25, 0.3) is 0 Å². The second kappa shape index (κ2) is 7.68. The van der Waals surface area contributed by atoms with Crippen molar-refractivity contribution in [1.29, 1.82) is 0 Å². The van der Waals surface area contributed by atoms with Gasteiger partial charge in [-0.15, -0.1) is 0 Å². The molecule has 4 heterocycles. The number of piperidine rings is 3. The molecule has 5 heteroatoms. The van der Waals surface area contributed by atoms with Crippen molar-refractivity contribution in [2.75, 3.05) is 18.0 Å². The van der Waals surface area contributed by atoms with Crippen LogP contribution in [0.25, 0.3) is 0 Å². The summed E-state index contributed by atoms with van der Waals surface area (Å²) in [7, 11) is 0. The van der Waals surface area contributed by atoms with Crippen LogP contribution in [0.3, 0.4) is 0 Å². The van der Waals surface area contributed by atoms with Crippen LogP contribution in [0.4, 0.5) is 5.95 Å². The number of amides is 1. The van der Waals surface area contributed by atoms with Crippen molar-refractivity contribution in [1.82, 2.24) is 14.9 Å². The number of hydrogen-bond acceptors (Lipinski definition) is 4. The number of rotatable bonds is 3. The third kappa shape index (κ3) is 3.38. The maximum atomic E-state index is 13.0. The van der Waals surface area contributed by atoms with Crippen molar-refractivity contribution < 1.29 is 4.79 Å². The van der Waals surface area contributed by atoms with Gasteiger partial charge in [-0.3, -0.25) is 4.79 Å². The fourth-order valence-corrected chi connectivity index (χ4v) is 5.95. The maximum absolute atomic E-state index is 13.0. The molecule has 3 saturated heterocycles. The van der Waals surface area contributed by atoms with Gasteiger partial charge in [-0.2, -0.15) is 0 Å². The largest absolute Gasteiger partial charge is 0.340 e. The number of anilines is 1. The Labute approximate surface area is 179 Å². The van der Waals surface area contributed by atoms with Crippen LogP contribution in [0.15, 0.2) is 30.3 Å². The number of aromatic nitrogens is 2. The summed E-state index contributed by atoms with van der Waals surface area (Å²) in [5, 5.41) is 0. The summed E-state index contributed by atoms with van der Waals surface area (Å²) in [6.45, 7) is 8.16. The third-order valence-electron chi connectivity index (χ3n) is 7.69. The van der Waals surface area contributed by atoms with Crippen molar-refractivity contribution in [3.8, 4) is 0 Å². The molecule has 1 amide bonds. The van der Waals surface area contributed by atoms with Crippen LogP contribution >= 0.6 is 0 Å². The third-order valence-corrected chi connectivity index (χ3v) is 7.69. The van der Waals surface area contributed by atoms with Gasteiger partial charge in [-0.25, -0.2) is 9.97 Å². The molecule has 30 heavy (non-hydrogen) atoms. The van der Waals surface area contributed by atoms with E-state index in [1.54, 1.807) is 0 Å².